The van der Waals surface area contributed by atoms with Gasteiger partial charge in [-0.1, -0.05) is 20.8 Å². The van der Waals surface area contributed by atoms with Crippen LogP contribution in [-0.4, -0.2) is 30.6 Å². The number of hydrogen-bond acceptors (Lipinski definition) is 4. The van der Waals surface area contributed by atoms with Crippen LogP contribution in [0.1, 0.15) is 32.2 Å². The van der Waals surface area contributed by atoms with Gasteiger partial charge in [0, 0.05) is 0 Å². The molecule has 0 amide bonds. The van der Waals surface area contributed by atoms with Crippen molar-refractivity contribution in [3.63, 3.8) is 0 Å². The quantitative estimate of drug-likeness (QED) is 0.804. The molecule has 1 aliphatic heterocycles. The Kier molecular flexibility index (Phi) is 3.69. The first-order valence-electron chi connectivity index (χ1n) is 6.93. The number of rotatable bonds is 3. The van der Waals surface area contributed by atoms with Crippen molar-refractivity contribution in [2.24, 2.45) is 0 Å². The third kappa shape index (κ3) is 2.60. The van der Waals surface area contributed by atoms with E-state index in [0.29, 0.717) is 24.9 Å². The zero-order valence-corrected chi connectivity index (χ0v) is 14.1. The number of imidazole rings is 1. The van der Waals surface area contributed by atoms with Crippen molar-refractivity contribution in [3.8, 4) is 12.1 Å². The maximum absolute atomic E-state index is 8.94. The Labute approximate surface area is 121 Å². The van der Waals surface area contributed by atoms with Gasteiger partial charge in [-0.2, -0.15) is 10.2 Å². The summed E-state index contributed by atoms with van der Waals surface area (Å²) in [5.41, 5.74) is 1.32. The summed E-state index contributed by atoms with van der Waals surface area (Å²) in [5, 5.41) is 9.14. The minimum Gasteiger partial charge on any atom is -0.457 e. The van der Waals surface area contributed by atoms with Crippen molar-refractivity contribution in [3.05, 3.63) is 11.4 Å². The predicted molar refractivity (Wildman–Crippen MR) is 79.2 cm³/mol. The molecule has 0 radical (unpaired) electrons. The number of nitriles is 1. The minimum absolute atomic E-state index is 0.00179. The topological polar surface area (TPSA) is 60.1 Å². The van der Waals surface area contributed by atoms with Crippen LogP contribution in [-0.2, 0) is 11.0 Å². The van der Waals surface area contributed by atoms with Crippen LogP contribution in [0.5, 0.6) is 6.01 Å². The van der Waals surface area contributed by atoms with Crippen LogP contribution in [0.25, 0.3) is 0 Å². The van der Waals surface area contributed by atoms with Gasteiger partial charge in [0.1, 0.15) is 12.2 Å². The van der Waals surface area contributed by atoms with Gasteiger partial charge in [0.25, 0.3) is 6.01 Å². The van der Waals surface area contributed by atoms with E-state index in [-0.39, 0.29) is 11.1 Å². The van der Waals surface area contributed by atoms with Crippen LogP contribution in [0.3, 0.4) is 0 Å². The van der Waals surface area contributed by atoms with E-state index in [0.717, 1.165) is 5.69 Å². The van der Waals surface area contributed by atoms with E-state index in [1.165, 1.54) is 0 Å². The molecule has 5 nitrogen and oxygen atoms in total. The summed E-state index contributed by atoms with van der Waals surface area (Å²) in [5.74, 6) is 0. The second-order valence-corrected chi connectivity index (χ2v) is 11.7. The molecule has 110 valence electrons. The lowest BCUT2D eigenvalue weighted by molar-refractivity contribution is 0.134. The molecule has 1 aromatic rings. The first kappa shape index (κ1) is 15.1. The molecule has 0 unspecified atom stereocenters. The number of aromatic nitrogens is 2. The van der Waals surface area contributed by atoms with Crippen molar-refractivity contribution in [2.45, 2.75) is 58.5 Å². The van der Waals surface area contributed by atoms with E-state index >= 15 is 0 Å². The largest absolute Gasteiger partial charge is 0.457 e. The fourth-order valence-corrected chi connectivity index (χ4v) is 2.95. The third-order valence-electron chi connectivity index (χ3n) is 4.39. The van der Waals surface area contributed by atoms with Crippen LogP contribution in [0.2, 0.25) is 18.1 Å². The number of nitrogens with zero attached hydrogens (tertiary/aromatic N) is 3. The zero-order valence-electron chi connectivity index (χ0n) is 13.1. The van der Waals surface area contributed by atoms with Crippen molar-refractivity contribution in [2.75, 3.05) is 6.61 Å². The second-order valence-electron chi connectivity index (χ2n) is 6.86. The van der Waals surface area contributed by atoms with E-state index in [1.807, 2.05) is 11.5 Å². The van der Waals surface area contributed by atoms with Gasteiger partial charge in [-0.05, 0) is 25.1 Å². The van der Waals surface area contributed by atoms with Crippen LogP contribution < -0.4 is 4.74 Å². The summed E-state index contributed by atoms with van der Waals surface area (Å²) in [6, 6.07) is 2.62. The monoisotopic (exact) mass is 293 g/mol. The first-order valence-corrected chi connectivity index (χ1v) is 9.84. The van der Waals surface area contributed by atoms with Gasteiger partial charge in [-0.3, -0.25) is 4.57 Å². The van der Waals surface area contributed by atoms with Gasteiger partial charge in [0.2, 0.25) is 0 Å². The third-order valence-corrected chi connectivity index (χ3v) is 8.89. The van der Waals surface area contributed by atoms with E-state index < -0.39 is 8.32 Å². The van der Waals surface area contributed by atoms with Crippen LogP contribution in [0.4, 0.5) is 0 Å². The number of fused-ring (bicyclic) bond motifs is 1. The van der Waals surface area contributed by atoms with E-state index in [9.17, 15) is 0 Å². The summed E-state index contributed by atoms with van der Waals surface area (Å²) in [4.78, 5) is 4.19. The van der Waals surface area contributed by atoms with Gasteiger partial charge < -0.3 is 9.16 Å². The molecule has 0 saturated heterocycles. The summed E-state index contributed by atoms with van der Waals surface area (Å²) >= 11 is 0. The average Bonchev–Trinajstić information content (AvgIpc) is 2.85. The fourth-order valence-electron chi connectivity index (χ4n) is 1.91. The molecular weight excluding hydrogens is 270 g/mol. The van der Waals surface area contributed by atoms with Crippen LogP contribution >= 0.6 is 0 Å². The summed E-state index contributed by atoms with van der Waals surface area (Å²) in [7, 11) is -1.75. The molecule has 6 heteroatoms. The Balaban J connectivity index is 1.98. The Morgan fingerprint density at radius 2 is 2.15 bits per heavy atom. The average molecular weight is 293 g/mol. The lowest BCUT2D eigenvalue weighted by Gasteiger charge is -2.36. The summed E-state index contributed by atoms with van der Waals surface area (Å²) < 4.78 is 13.9. The molecule has 0 aliphatic carbocycles. The zero-order chi connectivity index (χ0) is 15.1. The summed E-state index contributed by atoms with van der Waals surface area (Å²) in [6.07, 6.45) is -0.00179. The van der Waals surface area contributed by atoms with E-state index in [1.54, 1.807) is 0 Å². The van der Waals surface area contributed by atoms with Crippen molar-refractivity contribution in [1.29, 1.82) is 5.26 Å². The molecule has 1 aliphatic rings. The Morgan fingerprint density at radius 3 is 2.65 bits per heavy atom. The van der Waals surface area contributed by atoms with E-state index in [2.05, 4.69) is 44.9 Å². The normalized spacial score (nSPS) is 18.6. The minimum atomic E-state index is -1.75. The first-order chi connectivity index (χ1) is 9.15. The number of ether oxygens (including phenoxy) is 1. The standard InChI is InChI=1S/C14H23N3O2Si/c1-10-12(7-15)16-13-17(10)8-11(19-13)9-18-20(5,6)14(2,3)4/h11H,8-9H2,1-6H3/t11-/m0/s1. The molecule has 1 aromatic heterocycles. The molecule has 2 heterocycles. The highest BCUT2D eigenvalue weighted by Crippen LogP contribution is 2.37. The highest BCUT2D eigenvalue weighted by molar-refractivity contribution is 6.74. The highest BCUT2D eigenvalue weighted by atomic mass is 28.4. The highest BCUT2D eigenvalue weighted by Gasteiger charge is 2.38. The molecule has 0 saturated carbocycles. The van der Waals surface area contributed by atoms with Gasteiger partial charge in [-0.25, -0.2) is 0 Å². The fraction of sp³-hybridized carbons (Fsp3) is 0.714. The molecule has 2 rings (SSSR count). The van der Waals surface area contributed by atoms with Crippen LogP contribution in [0, 0.1) is 18.3 Å². The van der Waals surface area contributed by atoms with Crippen LogP contribution in [0.15, 0.2) is 0 Å². The predicted octanol–water partition coefficient (Wildman–Crippen LogP) is 2.85. The van der Waals surface area contributed by atoms with Crippen molar-refractivity contribution in [1.82, 2.24) is 9.55 Å². The second kappa shape index (κ2) is 4.90. The van der Waals surface area contributed by atoms with E-state index in [4.69, 9.17) is 14.4 Å². The Morgan fingerprint density at radius 1 is 1.50 bits per heavy atom. The SMILES string of the molecule is Cc1c(C#N)nc2n1C[C@@H](CO[Si](C)(C)C(C)(C)C)O2. The lowest BCUT2D eigenvalue weighted by Crippen LogP contribution is -2.43. The molecule has 0 N–H and O–H groups in total. The van der Waals surface area contributed by atoms with Gasteiger partial charge in [0.05, 0.1) is 18.8 Å². The van der Waals surface area contributed by atoms with Crippen molar-refractivity contribution >= 4 is 8.32 Å². The molecule has 0 bridgehead atoms. The van der Waals surface area contributed by atoms with Gasteiger partial charge >= 0.3 is 0 Å². The van der Waals surface area contributed by atoms with Crippen molar-refractivity contribution < 1.29 is 9.16 Å². The molecule has 20 heavy (non-hydrogen) atoms. The number of hydrogen-bond donors (Lipinski definition) is 0. The smallest absolute Gasteiger partial charge is 0.298 e. The Bertz CT molecular complexity index is 552. The van der Waals surface area contributed by atoms with Gasteiger partial charge in [0.15, 0.2) is 14.0 Å². The maximum atomic E-state index is 8.94. The lowest BCUT2D eigenvalue weighted by atomic mass is 10.2. The molecule has 1 atom stereocenters. The molecule has 0 spiro atoms. The van der Waals surface area contributed by atoms with Gasteiger partial charge in [-0.15, -0.1) is 0 Å². The Hall–Kier alpha value is -1.32. The summed E-state index contributed by atoms with van der Waals surface area (Å²) in [6.45, 7) is 14.3. The maximum Gasteiger partial charge on any atom is 0.298 e. The molecule has 0 fully saturated rings. The molecule has 0 aromatic carbocycles. The molecular formula is C14H23N3O2Si.